The van der Waals surface area contributed by atoms with Crippen molar-refractivity contribution in [3.05, 3.63) is 65.5 Å². The van der Waals surface area contributed by atoms with Crippen LogP contribution >= 0.6 is 0 Å². The zero-order valence-corrected chi connectivity index (χ0v) is 20.3. The van der Waals surface area contributed by atoms with Gasteiger partial charge in [-0.3, -0.25) is 0 Å². The van der Waals surface area contributed by atoms with E-state index in [1.165, 1.54) is 6.07 Å². The molecule has 2 aromatic rings. The van der Waals surface area contributed by atoms with Crippen molar-refractivity contribution in [2.45, 2.75) is 43.5 Å². The summed E-state index contributed by atoms with van der Waals surface area (Å²) < 4.78 is 56.5. The molecular weight excluding hydrogens is 459 g/mol. The summed E-state index contributed by atoms with van der Waals surface area (Å²) in [6.07, 6.45) is 0.336. The molecule has 2 heterocycles. The summed E-state index contributed by atoms with van der Waals surface area (Å²) >= 11 is 0. The smallest absolute Gasteiger partial charge is 0.267 e. The number of hydrogen-bond acceptors (Lipinski definition) is 6. The van der Waals surface area contributed by atoms with Gasteiger partial charge in [0, 0.05) is 31.8 Å². The minimum atomic E-state index is -3.95. The fourth-order valence-electron chi connectivity index (χ4n) is 4.80. The molecule has 1 unspecified atom stereocenters. The van der Waals surface area contributed by atoms with Gasteiger partial charge in [-0.15, -0.1) is 4.40 Å². The lowest BCUT2D eigenvalue weighted by molar-refractivity contribution is 0.0797. The first-order valence-corrected chi connectivity index (χ1v) is 13.0. The number of benzene rings is 2. The van der Waals surface area contributed by atoms with Crippen LogP contribution in [0, 0.1) is 5.82 Å². The Bertz CT molecular complexity index is 1130. The lowest BCUT2D eigenvalue weighted by atomic mass is 9.91. The molecule has 2 aromatic carbocycles. The summed E-state index contributed by atoms with van der Waals surface area (Å²) in [5, 5.41) is 8.52. The second-order valence-electron chi connectivity index (χ2n) is 9.21. The Balaban J connectivity index is 1.59. The molecule has 0 amide bonds. The number of morpholine rings is 1. The van der Waals surface area contributed by atoms with Gasteiger partial charge in [0.25, 0.3) is 10.0 Å². The van der Waals surface area contributed by atoms with Gasteiger partial charge in [-0.25, -0.2) is 12.8 Å². The fraction of sp³-hybridized carbons (Fsp3) is 0.480. The Morgan fingerprint density at radius 1 is 1.15 bits per heavy atom. The molecule has 1 fully saturated rings. The predicted octanol–water partition coefficient (Wildman–Crippen LogP) is 3.80. The van der Waals surface area contributed by atoms with Crippen molar-refractivity contribution in [3.63, 3.8) is 0 Å². The predicted molar refractivity (Wildman–Crippen MR) is 129 cm³/mol. The van der Waals surface area contributed by atoms with Gasteiger partial charge in [-0.05, 0) is 55.5 Å². The number of ether oxygens (including phenoxy) is 2. The van der Waals surface area contributed by atoms with Crippen LogP contribution in [0.2, 0.25) is 0 Å². The highest BCUT2D eigenvalue weighted by Gasteiger charge is 2.47. The van der Waals surface area contributed by atoms with E-state index in [0.717, 1.165) is 18.8 Å². The summed E-state index contributed by atoms with van der Waals surface area (Å²) in [7, 11) is -3.95. The molecule has 1 saturated heterocycles. The minimum absolute atomic E-state index is 0.0351. The second kappa shape index (κ2) is 10.0. The maximum Gasteiger partial charge on any atom is 0.267 e. The summed E-state index contributed by atoms with van der Waals surface area (Å²) in [6.45, 7) is 6.21. The van der Waals surface area contributed by atoms with E-state index in [2.05, 4.69) is 9.30 Å². The molecule has 1 N–H and O–H groups in total. The molecule has 184 valence electrons. The Morgan fingerprint density at radius 3 is 2.44 bits per heavy atom. The first-order chi connectivity index (χ1) is 16.2. The van der Waals surface area contributed by atoms with Crippen molar-refractivity contribution in [1.29, 1.82) is 0 Å². The van der Waals surface area contributed by atoms with Crippen LogP contribution in [0.3, 0.4) is 0 Å². The molecule has 0 saturated carbocycles. The molecule has 7 nitrogen and oxygen atoms in total. The molecule has 0 aromatic heterocycles. The summed E-state index contributed by atoms with van der Waals surface area (Å²) in [5.41, 5.74) is 0.930. The normalized spacial score (nSPS) is 22.5. The van der Waals surface area contributed by atoms with Crippen LogP contribution in [0.25, 0.3) is 0 Å². The number of rotatable bonds is 7. The average molecular weight is 491 g/mol. The second-order valence-corrected chi connectivity index (χ2v) is 10.9. The molecule has 2 aliphatic heterocycles. The molecule has 0 spiro atoms. The molecule has 2 aliphatic rings. The number of nitrogens with zero attached hydrogens (tertiary/aromatic N) is 2. The first-order valence-electron chi connectivity index (χ1n) is 11.5. The lowest BCUT2D eigenvalue weighted by Crippen LogP contribution is -2.43. The lowest BCUT2D eigenvalue weighted by Gasteiger charge is -2.38. The zero-order valence-electron chi connectivity index (χ0n) is 19.5. The molecule has 0 aliphatic carbocycles. The van der Waals surface area contributed by atoms with E-state index in [-0.39, 0.29) is 25.3 Å². The van der Waals surface area contributed by atoms with Crippen LogP contribution in [0.4, 0.5) is 10.1 Å². The number of aliphatic hydroxyl groups excluding tert-OH is 1. The van der Waals surface area contributed by atoms with Gasteiger partial charge in [0.15, 0.2) is 0 Å². The van der Waals surface area contributed by atoms with Crippen LogP contribution in [0.1, 0.15) is 49.0 Å². The van der Waals surface area contributed by atoms with Crippen molar-refractivity contribution >= 4 is 21.6 Å². The summed E-state index contributed by atoms with van der Waals surface area (Å²) in [4.78, 5) is 2.20. The largest absolute Gasteiger partial charge is 0.472 e. The van der Waals surface area contributed by atoms with E-state index >= 15 is 0 Å². The quantitative estimate of drug-likeness (QED) is 0.635. The maximum absolute atomic E-state index is 14.4. The Morgan fingerprint density at radius 2 is 1.82 bits per heavy atom. The van der Waals surface area contributed by atoms with E-state index in [0.29, 0.717) is 24.3 Å². The van der Waals surface area contributed by atoms with E-state index in [1.807, 2.05) is 24.3 Å². The highest BCUT2D eigenvalue weighted by atomic mass is 32.2. The van der Waals surface area contributed by atoms with Gasteiger partial charge in [-0.2, -0.15) is 0 Å². The Hall–Kier alpha value is -2.49. The van der Waals surface area contributed by atoms with E-state index in [4.69, 9.17) is 9.47 Å². The van der Waals surface area contributed by atoms with Crippen LogP contribution in [-0.2, 0) is 19.5 Å². The minimum Gasteiger partial charge on any atom is -0.472 e. The van der Waals surface area contributed by atoms with Crippen molar-refractivity contribution in [2.24, 2.45) is 4.40 Å². The number of sulfonamides is 1. The summed E-state index contributed by atoms with van der Waals surface area (Å²) in [6, 6.07) is 13.7. The number of anilines is 1. The standard InChI is InChI=1S/C25H31FN2O5S/c1-25(2)24(18-7-9-20(10-8-18)28-12-15-32-16-13-28)34(30,31)27-23(33-25)17-19(11-14-29)21-5-3-4-6-22(21)26/h3-10,19,24,29H,11-17H2,1-2H3/t19-,24?/m1/s1. The zero-order chi connectivity index (χ0) is 24.3. The van der Waals surface area contributed by atoms with Gasteiger partial charge in [-0.1, -0.05) is 30.3 Å². The van der Waals surface area contributed by atoms with Crippen LogP contribution in [-0.4, -0.2) is 57.9 Å². The van der Waals surface area contributed by atoms with Crippen LogP contribution < -0.4 is 4.90 Å². The van der Waals surface area contributed by atoms with Crippen molar-refractivity contribution in [2.75, 3.05) is 37.8 Å². The van der Waals surface area contributed by atoms with Gasteiger partial charge in [0.05, 0.1) is 13.2 Å². The van der Waals surface area contributed by atoms with E-state index in [9.17, 15) is 17.9 Å². The Kier molecular flexibility index (Phi) is 7.25. The van der Waals surface area contributed by atoms with Crippen LogP contribution in [0.5, 0.6) is 0 Å². The molecule has 34 heavy (non-hydrogen) atoms. The SMILES string of the molecule is CC1(C)OC(C[C@@H](CCO)c2ccccc2F)=NS(=O)(=O)C1c1ccc(N2CCOCC2)cc1. The van der Waals surface area contributed by atoms with Gasteiger partial charge in [0.2, 0.25) is 5.90 Å². The highest BCUT2D eigenvalue weighted by molar-refractivity contribution is 7.90. The van der Waals surface area contributed by atoms with Crippen molar-refractivity contribution in [1.82, 2.24) is 0 Å². The monoisotopic (exact) mass is 490 g/mol. The topological polar surface area (TPSA) is 88.4 Å². The summed E-state index contributed by atoms with van der Waals surface area (Å²) in [5.74, 6) is -0.828. The Labute approximate surface area is 200 Å². The first kappa shape index (κ1) is 24.6. The van der Waals surface area contributed by atoms with Crippen molar-refractivity contribution < 1.29 is 27.4 Å². The van der Waals surface area contributed by atoms with Gasteiger partial charge < -0.3 is 19.5 Å². The van der Waals surface area contributed by atoms with Crippen LogP contribution in [0.15, 0.2) is 52.9 Å². The highest BCUT2D eigenvalue weighted by Crippen LogP contribution is 2.42. The number of halogens is 1. The molecule has 0 bridgehead atoms. The fourth-order valence-corrected chi connectivity index (χ4v) is 6.57. The average Bonchev–Trinajstić information content (AvgIpc) is 2.79. The third-order valence-electron chi connectivity index (χ3n) is 6.35. The molecular formula is C25H31FN2O5S. The third kappa shape index (κ3) is 5.26. The van der Waals surface area contributed by atoms with E-state index < -0.39 is 32.6 Å². The number of aliphatic hydroxyl groups is 1. The van der Waals surface area contributed by atoms with Gasteiger partial charge in [0.1, 0.15) is 16.7 Å². The molecule has 0 radical (unpaired) electrons. The third-order valence-corrected chi connectivity index (χ3v) is 8.25. The van der Waals surface area contributed by atoms with Crippen molar-refractivity contribution in [3.8, 4) is 0 Å². The van der Waals surface area contributed by atoms with Gasteiger partial charge >= 0.3 is 0 Å². The molecule has 4 rings (SSSR count). The molecule has 2 atom stereocenters. The van der Waals surface area contributed by atoms with E-state index in [1.54, 1.807) is 32.0 Å². The maximum atomic E-state index is 14.4. The number of hydrogen-bond donors (Lipinski definition) is 1. The molecule has 9 heteroatoms.